The molecule has 96 valence electrons. The molecule has 0 saturated heterocycles. The first-order valence-electron chi connectivity index (χ1n) is 6.41. The maximum absolute atomic E-state index is 5.83. The van der Waals surface area contributed by atoms with Gasteiger partial charge in [0.15, 0.2) is 11.5 Å². The van der Waals surface area contributed by atoms with Gasteiger partial charge in [0.2, 0.25) is 0 Å². The maximum Gasteiger partial charge on any atom is 0.164 e. The minimum Gasteiger partial charge on any atom is -0.490 e. The zero-order valence-electron chi connectivity index (χ0n) is 10.9. The highest BCUT2D eigenvalue weighted by Crippen LogP contribution is 2.31. The van der Waals surface area contributed by atoms with Crippen molar-refractivity contribution < 1.29 is 9.47 Å². The molecule has 0 aliphatic carbocycles. The van der Waals surface area contributed by atoms with E-state index in [1.165, 1.54) is 0 Å². The number of benzene rings is 1. The lowest BCUT2D eigenvalue weighted by atomic mass is 10.1. The molecule has 0 heterocycles. The highest BCUT2D eigenvalue weighted by Gasteiger charge is 2.10. The van der Waals surface area contributed by atoms with Gasteiger partial charge in [-0.25, -0.2) is 0 Å². The third-order valence-electron chi connectivity index (χ3n) is 2.52. The van der Waals surface area contributed by atoms with E-state index in [9.17, 15) is 0 Å². The molecule has 1 rings (SSSR count). The number of hydrogen-bond donors (Lipinski definition) is 1. The van der Waals surface area contributed by atoms with Gasteiger partial charge in [-0.1, -0.05) is 25.5 Å². The fourth-order valence-electron chi connectivity index (χ4n) is 1.67. The lowest BCUT2D eigenvalue weighted by molar-refractivity contribution is 0.270. The average Bonchev–Trinajstić information content (AvgIpc) is 2.33. The molecular formula is C14H23NO2. The molecule has 0 fully saturated rings. The van der Waals surface area contributed by atoms with E-state index >= 15 is 0 Å². The topological polar surface area (TPSA) is 44.5 Å². The van der Waals surface area contributed by atoms with Gasteiger partial charge in [-0.15, -0.1) is 0 Å². The van der Waals surface area contributed by atoms with E-state index in [-0.39, 0.29) is 0 Å². The smallest absolute Gasteiger partial charge is 0.164 e. The predicted octanol–water partition coefficient (Wildman–Crippen LogP) is 2.77. The Morgan fingerprint density at radius 1 is 1.18 bits per heavy atom. The Kier molecular flexibility index (Phi) is 6.48. The van der Waals surface area contributed by atoms with Crippen LogP contribution in [0.1, 0.15) is 32.3 Å². The van der Waals surface area contributed by atoms with Crippen molar-refractivity contribution >= 4 is 0 Å². The second-order valence-electron chi connectivity index (χ2n) is 3.92. The molecule has 0 aromatic heterocycles. The number of unbranched alkanes of at least 4 members (excludes halogenated alkanes) is 1. The van der Waals surface area contributed by atoms with Crippen molar-refractivity contribution in [3.05, 3.63) is 23.8 Å². The van der Waals surface area contributed by atoms with Crippen LogP contribution in [0.2, 0.25) is 0 Å². The van der Waals surface area contributed by atoms with Crippen LogP contribution in [0.4, 0.5) is 0 Å². The van der Waals surface area contributed by atoms with Crippen molar-refractivity contribution in [3.63, 3.8) is 0 Å². The summed E-state index contributed by atoms with van der Waals surface area (Å²) < 4.78 is 11.4. The van der Waals surface area contributed by atoms with Crippen LogP contribution in [0, 0.1) is 0 Å². The van der Waals surface area contributed by atoms with Gasteiger partial charge in [0.05, 0.1) is 13.2 Å². The molecule has 0 unspecified atom stereocenters. The molecule has 0 radical (unpaired) electrons. The Morgan fingerprint density at radius 2 is 2.00 bits per heavy atom. The van der Waals surface area contributed by atoms with E-state index in [4.69, 9.17) is 15.2 Å². The Hall–Kier alpha value is -1.22. The van der Waals surface area contributed by atoms with E-state index in [0.29, 0.717) is 13.2 Å². The van der Waals surface area contributed by atoms with Crippen molar-refractivity contribution in [3.8, 4) is 11.5 Å². The zero-order valence-corrected chi connectivity index (χ0v) is 10.9. The van der Waals surface area contributed by atoms with Crippen molar-refractivity contribution in [1.82, 2.24) is 0 Å². The Morgan fingerprint density at radius 3 is 2.65 bits per heavy atom. The quantitative estimate of drug-likeness (QED) is 0.707. The molecule has 0 amide bonds. The van der Waals surface area contributed by atoms with Gasteiger partial charge in [0.25, 0.3) is 0 Å². The summed E-state index contributed by atoms with van der Waals surface area (Å²) in [4.78, 5) is 0. The normalized spacial score (nSPS) is 10.3. The van der Waals surface area contributed by atoms with Crippen molar-refractivity contribution in [2.75, 3.05) is 19.8 Å². The van der Waals surface area contributed by atoms with Crippen LogP contribution in [0.15, 0.2) is 18.2 Å². The largest absolute Gasteiger partial charge is 0.490 e. The SMILES string of the molecule is CCCCOc1c(CCN)cccc1OCC. The van der Waals surface area contributed by atoms with E-state index < -0.39 is 0 Å². The molecule has 0 spiro atoms. The maximum atomic E-state index is 5.83. The molecule has 0 aliphatic heterocycles. The fourth-order valence-corrected chi connectivity index (χ4v) is 1.67. The van der Waals surface area contributed by atoms with E-state index in [1.54, 1.807) is 0 Å². The fraction of sp³-hybridized carbons (Fsp3) is 0.571. The first kappa shape index (κ1) is 13.8. The highest BCUT2D eigenvalue weighted by molar-refractivity contribution is 5.46. The van der Waals surface area contributed by atoms with Crippen LogP contribution < -0.4 is 15.2 Å². The molecule has 0 atom stereocenters. The summed E-state index contributed by atoms with van der Waals surface area (Å²) in [6.45, 7) is 6.14. The summed E-state index contributed by atoms with van der Waals surface area (Å²) in [5.41, 5.74) is 6.75. The predicted molar refractivity (Wildman–Crippen MR) is 70.8 cm³/mol. The van der Waals surface area contributed by atoms with Crippen LogP contribution in [0.5, 0.6) is 11.5 Å². The number of ether oxygens (including phenoxy) is 2. The van der Waals surface area contributed by atoms with Gasteiger partial charge in [0, 0.05) is 0 Å². The summed E-state index contributed by atoms with van der Waals surface area (Å²) in [5.74, 6) is 1.70. The lowest BCUT2D eigenvalue weighted by Crippen LogP contribution is -2.07. The van der Waals surface area contributed by atoms with Gasteiger partial charge < -0.3 is 15.2 Å². The summed E-state index contributed by atoms with van der Waals surface area (Å²) in [7, 11) is 0. The number of para-hydroxylation sites is 1. The van der Waals surface area contributed by atoms with Gasteiger partial charge in [0.1, 0.15) is 0 Å². The molecule has 17 heavy (non-hydrogen) atoms. The Labute approximate surface area is 104 Å². The van der Waals surface area contributed by atoms with E-state index in [2.05, 4.69) is 13.0 Å². The Balaban J connectivity index is 2.83. The average molecular weight is 237 g/mol. The summed E-state index contributed by atoms with van der Waals surface area (Å²) in [6.07, 6.45) is 3.01. The summed E-state index contributed by atoms with van der Waals surface area (Å²) in [6, 6.07) is 5.99. The molecule has 0 aliphatic rings. The van der Waals surface area contributed by atoms with E-state index in [1.807, 2.05) is 19.1 Å². The molecule has 3 nitrogen and oxygen atoms in total. The van der Waals surface area contributed by atoms with Gasteiger partial charge >= 0.3 is 0 Å². The van der Waals surface area contributed by atoms with Crippen LogP contribution in [0.3, 0.4) is 0 Å². The van der Waals surface area contributed by atoms with Crippen LogP contribution >= 0.6 is 0 Å². The second-order valence-corrected chi connectivity index (χ2v) is 3.92. The first-order chi connectivity index (χ1) is 8.33. The van der Waals surface area contributed by atoms with Crippen molar-refractivity contribution in [2.45, 2.75) is 33.1 Å². The number of rotatable bonds is 8. The molecule has 0 bridgehead atoms. The van der Waals surface area contributed by atoms with Crippen LogP contribution in [-0.4, -0.2) is 19.8 Å². The van der Waals surface area contributed by atoms with Gasteiger partial charge in [-0.3, -0.25) is 0 Å². The van der Waals surface area contributed by atoms with Crippen molar-refractivity contribution in [2.24, 2.45) is 5.73 Å². The molecule has 2 N–H and O–H groups in total. The third-order valence-corrected chi connectivity index (χ3v) is 2.52. The lowest BCUT2D eigenvalue weighted by Gasteiger charge is -2.15. The zero-order chi connectivity index (χ0) is 12.5. The number of hydrogen-bond acceptors (Lipinski definition) is 3. The standard InChI is InChI=1S/C14H23NO2/c1-3-5-11-17-14-12(9-10-15)7-6-8-13(14)16-4-2/h6-8H,3-5,9-11,15H2,1-2H3. The van der Waals surface area contributed by atoms with Crippen LogP contribution in [-0.2, 0) is 6.42 Å². The summed E-state index contributed by atoms with van der Waals surface area (Å²) >= 11 is 0. The molecular weight excluding hydrogens is 214 g/mol. The molecule has 0 saturated carbocycles. The highest BCUT2D eigenvalue weighted by atomic mass is 16.5. The molecule has 1 aromatic carbocycles. The third kappa shape index (κ3) is 4.27. The minimum absolute atomic E-state index is 0.625. The first-order valence-corrected chi connectivity index (χ1v) is 6.41. The Bertz CT molecular complexity index is 302. The van der Waals surface area contributed by atoms with Crippen LogP contribution in [0.25, 0.3) is 0 Å². The monoisotopic (exact) mass is 237 g/mol. The summed E-state index contributed by atoms with van der Waals surface area (Å²) in [5, 5.41) is 0. The van der Waals surface area contributed by atoms with Gasteiger partial charge in [-0.2, -0.15) is 0 Å². The van der Waals surface area contributed by atoms with E-state index in [0.717, 1.165) is 42.9 Å². The second kappa shape index (κ2) is 7.96. The number of nitrogens with two attached hydrogens (primary N) is 1. The molecule has 1 aromatic rings. The minimum atomic E-state index is 0.625. The molecule has 3 heteroatoms. The van der Waals surface area contributed by atoms with Gasteiger partial charge in [-0.05, 0) is 37.9 Å². The van der Waals surface area contributed by atoms with Crippen molar-refractivity contribution in [1.29, 1.82) is 0 Å².